The summed E-state index contributed by atoms with van der Waals surface area (Å²) in [4.78, 5) is 31.7. The van der Waals surface area contributed by atoms with Crippen LogP contribution in [0.4, 0.5) is 0 Å². The van der Waals surface area contributed by atoms with Crippen LogP contribution in [0.3, 0.4) is 0 Å². The predicted molar refractivity (Wildman–Crippen MR) is 218 cm³/mol. The number of ether oxygens (including phenoxy) is 1. The lowest BCUT2D eigenvalue weighted by atomic mass is 9.32. The third kappa shape index (κ3) is 6.68. The van der Waals surface area contributed by atoms with E-state index in [-0.39, 0.29) is 33.0 Å². The zero-order valence-electron chi connectivity index (χ0n) is 35.6. The molecule has 0 spiro atoms. The van der Waals surface area contributed by atoms with Crippen LogP contribution < -0.4 is 5.32 Å². The van der Waals surface area contributed by atoms with E-state index in [0.29, 0.717) is 47.6 Å². The summed E-state index contributed by atoms with van der Waals surface area (Å²) in [5, 5.41) is 3.46. The molecule has 6 heteroatoms. The second kappa shape index (κ2) is 13.9. The van der Waals surface area contributed by atoms with Gasteiger partial charge in [-0.2, -0.15) is 0 Å². The van der Waals surface area contributed by atoms with Crippen molar-refractivity contribution in [2.24, 2.45) is 56.7 Å². The highest BCUT2D eigenvalue weighted by molar-refractivity contribution is 5.90. The Hall–Kier alpha value is -2.44. The molecule has 0 heterocycles. The zero-order valence-corrected chi connectivity index (χ0v) is 35.6. The van der Waals surface area contributed by atoms with Gasteiger partial charge in [-0.15, -0.1) is 0 Å². The summed E-state index contributed by atoms with van der Waals surface area (Å²) in [6, 6.07) is 8.18. The maximum atomic E-state index is 14.5. The third-order valence-corrected chi connectivity index (χ3v) is 16.2. The minimum absolute atomic E-state index is 0.00630. The second-order valence-corrected chi connectivity index (χ2v) is 21.1. The average Bonchev–Trinajstić information content (AvgIpc) is 3.45. The van der Waals surface area contributed by atoms with E-state index >= 15 is 0 Å². The molecular formula is C47H73N3O3. The van der Waals surface area contributed by atoms with Crippen LogP contribution in [-0.4, -0.2) is 75.1 Å². The van der Waals surface area contributed by atoms with Crippen LogP contribution in [0, 0.1) is 56.7 Å². The van der Waals surface area contributed by atoms with Gasteiger partial charge in [0.1, 0.15) is 5.60 Å². The van der Waals surface area contributed by atoms with Crippen LogP contribution in [0.15, 0.2) is 42.5 Å². The molecule has 1 aromatic carbocycles. The van der Waals surface area contributed by atoms with Gasteiger partial charge in [0.05, 0.1) is 11.0 Å². The highest BCUT2D eigenvalue weighted by Gasteiger charge is 2.71. The van der Waals surface area contributed by atoms with Crippen molar-refractivity contribution in [2.75, 3.05) is 47.8 Å². The summed E-state index contributed by atoms with van der Waals surface area (Å²) in [6.45, 7) is 25.9. The molecule has 9 atom stereocenters. The topological polar surface area (TPSA) is 61.9 Å². The van der Waals surface area contributed by atoms with Crippen molar-refractivity contribution in [3.05, 3.63) is 53.6 Å². The van der Waals surface area contributed by atoms with E-state index in [1.165, 1.54) is 42.4 Å². The van der Waals surface area contributed by atoms with Gasteiger partial charge >= 0.3 is 5.97 Å². The second-order valence-electron chi connectivity index (χ2n) is 21.1. The number of hydrogen-bond donors (Lipinski definition) is 1. The highest BCUT2D eigenvalue weighted by Crippen LogP contribution is 2.77. The lowest BCUT2D eigenvalue weighted by molar-refractivity contribution is -0.225. The Balaban J connectivity index is 1.30. The van der Waals surface area contributed by atoms with Gasteiger partial charge in [0.15, 0.2) is 0 Å². The number of benzene rings is 1. The van der Waals surface area contributed by atoms with Crippen molar-refractivity contribution in [3.8, 4) is 0 Å². The largest absolute Gasteiger partial charge is 0.456 e. The fourth-order valence-corrected chi connectivity index (χ4v) is 13.8. The molecule has 0 saturated heterocycles. The standard InChI is InChI=1S/C47H73N3O3/c1-31(30-50(12)13)34-20-25-47(41(52)48-28-29-49(10)11)27-26-45(8)36(39(34)47)18-19-38-44(7)23-21-35(43(5,6)37(44)22-24-46(38,45)9)32-14-16-33(17-15-32)40(51)53-42(2,3)4/h14-17,21,34,36-39H,1,18-20,22-30H2,2-13H3,(H,48,52)/t34-,36+,37-,38+,39+,44-,45+,46+,47-/m0/s1. The number of nitrogens with one attached hydrogen (secondary N) is 1. The minimum atomic E-state index is -0.513. The lowest BCUT2D eigenvalue weighted by Gasteiger charge is -2.72. The predicted octanol–water partition coefficient (Wildman–Crippen LogP) is 9.51. The summed E-state index contributed by atoms with van der Waals surface area (Å²) < 4.78 is 5.65. The molecule has 1 aromatic rings. The Morgan fingerprint density at radius 2 is 1.53 bits per heavy atom. The normalized spacial score (nSPS) is 37.5. The number of hydrogen-bond acceptors (Lipinski definition) is 5. The number of carbonyl (C=O) groups excluding carboxylic acids is 2. The molecule has 0 aliphatic heterocycles. The molecule has 6 rings (SSSR count). The van der Waals surface area contributed by atoms with Crippen molar-refractivity contribution in [1.82, 2.24) is 15.1 Å². The van der Waals surface area contributed by atoms with Gasteiger partial charge in [-0.1, -0.05) is 65.0 Å². The van der Waals surface area contributed by atoms with Crippen molar-refractivity contribution >= 4 is 17.4 Å². The first-order valence-corrected chi connectivity index (χ1v) is 20.9. The van der Waals surface area contributed by atoms with Gasteiger partial charge in [0, 0.05) is 19.6 Å². The summed E-state index contributed by atoms with van der Waals surface area (Å²) in [7, 11) is 8.48. The summed E-state index contributed by atoms with van der Waals surface area (Å²) >= 11 is 0. The van der Waals surface area contributed by atoms with Crippen LogP contribution in [0.2, 0.25) is 0 Å². The number of likely N-dealkylation sites (N-methyl/N-ethyl adjacent to an activating group) is 2. The van der Waals surface area contributed by atoms with Crippen molar-refractivity contribution in [3.63, 3.8) is 0 Å². The molecule has 6 nitrogen and oxygen atoms in total. The van der Waals surface area contributed by atoms with Gasteiger partial charge in [-0.05, 0) is 181 Å². The van der Waals surface area contributed by atoms with Crippen LogP contribution in [0.25, 0.3) is 5.57 Å². The van der Waals surface area contributed by atoms with Crippen molar-refractivity contribution < 1.29 is 14.3 Å². The molecule has 0 bridgehead atoms. The molecule has 53 heavy (non-hydrogen) atoms. The monoisotopic (exact) mass is 728 g/mol. The number of esters is 1. The van der Waals surface area contributed by atoms with Gasteiger partial charge < -0.3 is 19.9 Å². The first kappa shape index (κ1) is 40.2. The molecule has 1 N–H and O–H groups in total. The van der Waals surface area contributed by atoms with Gasteiger partial charge in [-0.3, -0.25) is 4.79 Å². The summed E-state index contributed by atoms with van der Waals surface area (Å²) in [6.07, 6.45) is 12.8. The average molecular weight is 728 g/mol. The number of allylic oxidation sites excluding steroid dienone is 2. The van der Waals surface area contributed by atoms with Gasteiger partial charge in [0.25, 0.3) is 0 Å². The van der Waals surface area contributed by atoms with Crippen LogP contribution in [-0.2, 0) is 9.53 Å². The van der Waals surface area contributed by atoms with Crippen LogP contribution >= 0.6 is 0 Å². The van der Waals surface area contributed by atoms with E-state index < -0.39 is 5.60 Å². The Kier molecular flexibility index (Phi) is 10.6. The van der Waals surface area contributed by atoms with E-state index in [0.717, 1.165) is 45.2 Å². The van der Waals surface area contributed by atoms with Crippen molar-refractivity contribution in [2.45, 2.75) is 119 Å². The van der Waals surface area contributed by atoms with E-state index in [9.17, 15) is 9.59 Å². The molecule has 5 aliphatic rings. The summed E-state index contributed by atoms with van der Waals surface area (Å²) in [5.41, 5.74) is 4.39. The summed E-state index contributed by atoms with van der Waals surface area (Å²) in [5.74, 6) is 2.54. The highest BCUT2D eigenvalue weighted by atomic mass is 16.6. The first-order valence-electron chi connectivity index (χ1n) is 20.9. The fourth-order valence-electron chi connectivity index (χ4n) is 13.8. The quantitative estimate of drug-likeness (QED) is 0.203. The maximum absolute atomic E-state index is 14.5. The fraction of sp³-hybridized carbons (Fsp3) is 0.745. The number of amides is 1. The van der Waals surface area contributed by atoms with Crippen LogP contribution in [0.1, 0.15) is 129 Å². The Morgan fingerprint density at radius 3 is 2.15 bits per heavy atom. The third-order valence-electron chi connectivity index (χ3n) is 16.2. The number of rotatable bonds is 9. The van der Waals surface area contributed by atoms with E-state index in [1.54, 1.807) is 0 Å². The minimum Gasteiger partial charge on any atom is -0.456 e. The number of nitrogens with zero attached hydrogens (tertiary/aromatic N) is 2. The Morgan fingerprint density at radius 1 is 0.849 bits per heavy atom. The van der Waals surface area contributed by atoms with Gasteiger partial charge in [0.2, 0.25) is 5.91 Å². The smallest absolute Gasteiger partial charge is 0.338 e. The van der Waals surface area contributed by atoms with Crippen molar-refractivity contribution in [1.29, 1.82) is 0 Å². The molecule has 5 aliphatic carbocycles. The number of fused-ring (bicyclic) bond motifs is 7. The molecule has 4 saturated carbocycles. The number of carbonyl (C=O) groups is 2. The first-order chi connectivity index (χ1) is 24.6. The SMILES string of the molecule is C=C(CN(C)C)[C@@H]1CC[C@]2(C(=O)NCCN(C)C)CC[C@]3(C)[C@H](CC[C@@H]4[C@@]5(C)CC=C(c6ccc(C(=O)OC(C)(C)C)cc6)C(C)(C)[C@@H]5CC[C@]43C)[C@@H]12. The molecule has 294 valence electrons. The van der Waals surface area contributed by atoms with E-state index in [1.807, 2.05) is 32.9 Å². The molecular weight excluding hydrogens is 655 g/mol. The molecule has 4 fully saturated rings. The van der Waals surface area contributed by atoms with E-state index in [4.69, 9.17) is 11.3 Å². The van der Waals surface area contributed by atoms with Crippen LogP contribution in [0.5, 0.6) is 0 Å². The zero-order chi connectivity index (χ0) is 38.9. The van der Waals surface area contributed by atoms with E-state index in [2.05, 4.69) is 96.1 Å². The molecule has 0 unspecified atom stereocenters. The lowest BCUT2D eigenvalue weighted by Crippen LogP contribution is -2.66. The Bertz CT molecular complexity index is 1600. The Labute approximate surface area is 322 Å². The molecule has 1 amide bonds. The van der Waals surface area contributed by atoms with Gasteiger partial charge in [-0.25, -0.2) is 4.79 Å². The molecule has 0 radical (unpaired) electrons. The maximum Gasteiger partial charge on any atom is 0.338 e. The molecule has 0 aromatic heterocycles.